The van der Waals surface area contributed by atoms with Gasteiger partial charge in [-0.25, -0.2) is 9.97 Å². The molecular weight excluding hydrogens is 464 g/mol. The van der Waals surface area contributed by atoms with E-state index in [0.29, 0.717) is 5.92 Å². The summed E-state index contributed by atoms with van der Waals surface area (Å²) >= 11 is 3.50. The van der Waals surface area contributed by atoms with Gasteiger partial charge in [-0.15, -0.1) is 22.7 Å². The molecule has 3 atom stereocenters. The van der Waals surface area contributed by atoms with Crippen molar-refractivity contribution in [1.82, 2.24) is 14.9 Å². The molecule has 5 heterocycles. The van der Waals surface area contributed by atoms with Crippen molar-refractivity contribution in [2.75, 3.05) is 31.6 Å². The first-order valence-electron chi connectivity index (χ1n) is 12.2. The lowest BCUT2D eigenvalue weighted by molar-refractivity contribution is -0.186. The zero-order valence-electron chi connectivity index (χ0n) is 19.4. The lowest BCUT2D eigenvalue weighted by Crippen LogP contribution is -2.34. The molecule has 0 radical (unpaired) electrons. The normalized spacial score (nSPS) is 22.5. The second-order valence-corrected chi connectivity index (χ2v) is 11.3. The summed E-state index contributed by atoms with van der Waals surface area (Å²) in [7, 11) is 0. The van der Waals surface area contributed by atoms with Gasteiger partial charge in [0.2, 0.25) is 0 Å². The van der Waals surface area contributed by atoms with Crippen LogP contribution in [0.1, 0.15) is 43.4 Å². The third-order valence-electron chi connectivity index (χ3n) is 6.78. The summed E-state index contributed by atoms with van der Waals surface area (Å²) in [4.78, 5) is 14.2. The molecule has 3 aromatic heterocycles. The Bertz CT molecular complexity index is 1270. The van der Waals surface area contributed by atoms with E-state index in [-0.39, 0.29) is 12.4 Å². The number of pyridine rings is 1. The first kappa shape index (κ1) is 22.4. The zero-order chi connectivity index (χ0) is 22.9. The summed E-state index contributed by atoms with van der Waals surface area (Å²) in [6.45, 7) is 6.17. The number of rotatable bonds is 7. The molecular formula is C26H30N4O2S2. The SMILES string of the molecule is CC(CN1CCC(c2cc3c(Nc4ccc5scnc5c4)ccnc3s2)C1)OC1CCCCO1. The summed E-state index contributed by atoms with van der Waals surface area (Å²) in [5, 5.41) is 4.80. The predicted molar refractivity (Wildman–Crippen MR) is 140 cm³/mol. The average Bonchev–Trinajstić information content (AvgIpc) is 3.59. The number of anilines is 2. The van der Waals surface area contributed by atoms with E-state index in [2.05, 4.69) is 57.4 Å². The van der Waals surface area contributed by atoms with Crippen molar-refractivity contribution >= 4 is 54.5 Å². The van der Waals surface area contributed by atoms with E-state index in [9.17, 15) is 0 Å². The number of ether oxygens (including phenoxy) is 2. The lowest BCUT2D eigenvalue weighted by atomic mass is 10.1. The van der Waals surface area contributed by atoms with Crippen molar-refractivity contribution in [2.45, 2.75) is 50.9 Å². The van der Waals surface area contributed by atoms with Crippen molar-refractivity contribution in [3.8, 4) is 0 Å². The van der Waals surface area contributed by atoms with Gasteiger partial charge in [0.25, 0.3) is 0 Å². The minimum absolute atomic E-state index is 0.0158. The van der Waals surface area contributed by atoms with E-state index < -0.39 is 0 Å². The third-order valence-corrected chi connectivity index (χ3v) is 8.79. The Kier molecular flexibility index (Phi) is 6.49. The van der Waals surface area contributed by atoms with Crippen LogP contribution in [0.15, 0.2) is 42.0 Å². The number of benzene rings is 1. The van der Waals surface area contributed by atoms with Crippen LogP contribution in [0.5, 0.6) is 0 Å². The molecule has 0 bridgehead atoms. The lowest BCUT2D eigenvalue weighted by Gasteiger charge is -2.28. The van der Waals surface area contributed by atoms with Crippen LogP contribution in [0, 0.1) is 0 Å². The molecule has 0 aliphatic carbocycles. The van der Waals surface area contributed by atoms with E-state index >= 15 is 0 Å². The van der Waals surface area contributed by atoms with Crippen LogP contribution in [0.25, 0.3) is 20.4 Å². The second kappa shape index (κ2) is 9.87. The fraction of sp³-hybridized carbons (Fsp3) is 0.462. The van der Waals surface area contributed by atoms with Crippen molar-refractivity contribution in [3.63, 3.8) is 0 Å². The van der Waals surface area contributed by atoms with E-state index in [1.54, 1.807) is 11.3 Å². The quantitative estimate of drug-likeness (QED) is 0.322. The number of nitrogens with one attached hydrogen (secondary N) is 1. The first-order valence-corrected chi connectivity index (χ1v) is 13.9. The molecule has 2 aliphatic heterocycles. The topological polar surface area (TPSA) is 59.5 Å². The van der Waals surface area contributed by atoms with Crippen molar-refractivity contribution in [2.24, 2.45) is 0 Å². The highest BCUT2D eigenvalue weighted by atomic mass is 32.1. The van der Waals surface area contributed by atoms with Crippen LogP contribution in [-0.4, -0.2) is 53.5 Å². The summed E-state index contributed by atoms with van der Waals surface area (Å²) < 4.78 is 13.1. The Morgan fingerprint density at radius 2 is 2.18 bits per heavy atom. The number of hydrogen-bond acceptors (Lipinski definition) is 8. The largest absolute Gasteiger partial charge is 0.355 e. The molecule has 2 saturated heterocycles. The number of likely N-dealkylation sites (tertiary alicyclic amines) is 1. The van der Waals surface area contributed by atoms with Gasteiger partial charge in [-0.1, -0.05) is 0 Å². The van der Waals surface area contributed by atoms with Gasteiger partial charge >= 0.3 is 0 Å². The van der Waals surface area contributed by atoms with Gasteiger partial charge in [-0.3, -0.25) is 0 Å². The fourth-order valence-electron chi connectivity index (χ4n) is 5.07. The highest BCUT2D eigenvalue weighted by Crippen LogP contribution is 2.38. The molecule has 1 N–H and O–H groups in total. The molecule has 0 saturated carbocycles. The molecule has 1 aromatic carbocycles. The molecule has 4 aromatic rings. The summed E-state index contributed by atoms with van der Waals surface area (Å²) in [5.74, 6) is 0.552. The van der Waals surface area contributed by atoms with Crippen LogP contribution in [0.2, 0.25) is 0 Å². The number of thiazole rings is 1. The summed E-state index contributed by atoms with van der Waals surface area (Å²) in [6, 6.07) is 10.8. The highest BCUT2D eigenvalue weighted by Gasteiger charge is 2.28. The van der Waals surface area contributed by atoms with Gasteiger partial charge in [0.1, 0.15) is 4.83 Å². The maximum absolute atomic E-state index is 6.15. The van der Waals surface area contributed by atoms with Gasteiger partial charge in [-0.05, 0) is 69.5 Å². The van der Waals surface area contributed by atoms with Crippen molar-refractivity contribution in [1.29, 1.82) is 0 Å². The standard InChI is InChI=1S/C26H30N4O2S2/c1-17(32-25-4-2-3-11-31-25)14-30-10-8-18(15-30)24-13-20-21(7-9-27-26(20)34-24)29-19-5-6-23-22(12-19)28-16-33-23/h5-7,9,12-13,16-18,25H,2-4,8,10-11,14-15H2,1H3,(H,27,29). The van der Waals surface area contributed by atoms with Crippen LogP contribution in [-0.2, 0) is 9.47 Å². The molecule has 178 valence electrons. The predicted octanol–water partition coefficient (Wildman–Crippen LogP) is 6.37. The molecule has 0 spiro atoms. The highest BCUT2D eigenvalue weighted by molar-refractivity contribution is 7.18. The number of nitrogens with zero attached hydrogens (tertiary/aromatic N) is 3. The van der Waals surface area contributed by atoms with Gasteiger partial charge in [0.05, 0.1) is 27.5 Å². The molecule has 2 aliphatic rings. The van der Waals surface area contributed by atoms with E-state index in [1.165, 1.54) is 27.8 Å². The molecule has 0 amide bonds. The number of thiophene rings is 1. The van der Waals surface area contributed by atoms with Gasteiger partial charge in [-0.2, -0.15) is 0 Å². The summed E-state index contributed by atoms with van der Waals surface area (Å²) in [6.07, 6.45) is 6.65. The van der Waals surface area contributed by atoms with E-state index in [1.807, 2.05) is 23.0 Å². The minimum Gasteiger partial charge on any atom is -0.355 e. The van der Waals surface area contributed by atoms with Crippen molar-refractivity contribution in [3.05, 3.63) is 46.9 Å². The van der Waals surface area contributed by atoms with Crippen LogP contribution >= 0.6 is 22.7 Å². The Morgan fingerprint density at radius 1 is 1.21 bits per heavy atom. The van der Waals surface area contributed by atoms with Gasteiger partial charge < -0.3 is 19.7 Å². The zero-order valence-corrected chi connectivity index (χ0v) is 21.0. The minimum atomic E-state index is -0.0158. The monoisotopic (exact) mass is 494 g/mol. The van der Waals surface area contributed by atoms with Crippen molar-refractivity contribution < 1.29 is 9.47 Å². The molecule has 6 nitrogen and oxygen atoms in total. The Labute approximate surface area is 207 Å². The molecule has 3 unspecified atom stereocenters. The first-order chi connectivity index (χ1) is 16.7. The maximum atomic E-state index is 6.15. The smallest absolute Gasteiger partial charge is 0.157 e. The summed E-state index contributed by atoms with van der Waals surface area (Å²) in [5.41, 5.74) is 5.09. The van der Waals surface area contributed by atoms with E-state index in [0.717, 1.165) is 60.8 Å². The number of fused-ring (bicyclic) bond motifs is 2. The number of aromatic nitrogens is 2. The Balaban J connectivity index is 1.12. The Hall–Kier alpha value is -2.10. The Morgan fingerprint density at radius 3 is 3.09 bits per heavy atom. The van der Waals surface area contributed by atoms with E-state index in [4.69, 9.17) is 9.47 Å². The maximum Gasteiger partial charge on any atom is 0.157 e. The second-order valence-electron chi connectivity index (χ2n) is 9.37. The van der Waals surface area contributed by atoms with Crippen LogP contribution in [0.3, 0.4) is 0 Å². The molecule has 6 rings (SSSR count). The molecule has 34 heavy (non-hydrogen) atoms. The molecule has 2 fully saturated rings. The van der Waals surface area contributed by atoms with Crippen LogP contribution < -0.4 is 5.32 Å². The molecule has 8 heteroatoms. The van der Waals surface area contributed by atoms with Gasteiger partial charge in [0.15, 0.2) is 6.29 Å². The van der Waals surface area contributed by atoms with Gasteiger partial charge in [0, 0.05) is 47.8 Å². The fourth-order valence-corrected chi connectivity index (χ4v) is 6.88. The third kappa shape index (κ3) is 4.83. The average molecular weight is 495 g/mol. The van der Waals surface area contributed by atoms with Crippen LogP contribution in [0.4, 0.5) is 11.4 Å². The number of hydrogen-bond donors (Lipinski definition) is 1.